The molecule has 0 aromatic carbocycles. The number of methoxy groups -OCH3 is 2. The monoisotopic (exact) mass is 174 g/mol. The van der Waals surface area contributed by atoms with Crippen molar-refractivity contribution in [1.82, 2.24) is 0 Å². The first-order valence-electron chi connectivity index (χ1n) is 4.51. The van der Waals surface area contributed by atoms with Crippen molar-refractivity contribution in [2.75, 3.05) is 14.2 Å². The number of rotatable bonds is 6. The van der Waals surface area contributed by atoms with E-state index in [2.05, 4.69) is 0 Å². The fourth-order valence-electron chi connectivity index (χ4n) is 1.36. The minimum absolute atomic E-state index is 0.455. The van der Waals surface area contributed by atoms with Crippen molar-refractivity contribution in [2.45, 2.75) is 38.1 Å². The summed E-state index contributed by atoms with van der Waals surface area (Å²) in [7, 11) is 3.10. The summed E-state index contributed by atoms with van der Waals surface area (Å²) in [6, 6.07) is 0. The summed E-state index contributed by atoms with van der Waals surface area (Å²) < 4.78 is 9.88. The van der Waals surface area contributed by atoms with Gasteiger partial charge >= 0.3 is 0 Å². The van der Waals surface area contributed by atoms with Gasteiger partial charge in [-0.05, 0) is 18.8 Å². The SMILES string of the molecule is COC(OC)C(O)CCC1CC1. The minimum Gasteiger partial charge on any atom is -0.388 e. The lowest BCUT2D eigenvalue weighted by molar-refractivity contribution is -0.165. The molecule has 1 unspecified atom stereocenters. The van der Waals surface area contributed by atoms with E-state index in [1.807, 2.05) is 0 Å². The number of aliphatic hydroxyl groups excluding tert-OH is 1. The van der Waals surface area contributed by atoms with Gasteiger partial charge in [0.05, 0.1) is 0 Å². The third-order valence-electron chi connectivity index (χ3n) is 2.35. The first-order valence-corrected chi connectivity index (χ1v) is 4.51. The van der Waals surface area contributed by atoms with Gasteiger partial charge in [0.1, 0.15) is 6.10 Å². The van der Waals surface area contributed by atoms with Crippen LogP contribution in [-0.4, -0.2) is 31.7 Å². The summed E-state index contributed by atoms with van der Waals surface area (Å²) in [6.07, 6.45) is 3.63. The van der Waals surface area contributed by atoms with Crippen molar-refractivity contribution in [1.29, 1.82) is 0 Å². The van der Waals surface area contributed by atoms with Gasteiger partial charge in [-0.15, -0.1) is 0 Å². The van der Waals surface area contributed by atoms with Crippen molar-refractivity contribution in [3.05, 3.63) is 0 Å². The molecule has 0 bridgehead atoms. The highest BCUT2D eigenvalue weighted by Gasteiger charge is 2.24. The molecular formula is C9H18O3. The van der Waals surface area contributed by atoms with Crippen molar-refractivity contribution in [2.24, 2.45) is 5.92 Å². The van der Waals surface area contributed by atoms with Crippen molar-refractivity contribution < 1.29 is 14.6 Å². The average Bonchev–Trinajstić information content (AvgIpc) is 2.86. The molecule has 1 rings (SSSR count). The van der Waals surface area contributed by atoms with Gasteiger partial charge in [-0.3, -0.25) is 0 Å². The molecule has 0 radical (unpaired) electrons. The van der Waals surface area contributed by atoms with E-state index in [1.165, 1.54) is 12.8 Å². The van der Waals surface area contributed by atoms with E-state index in [4.69, 9.17) is 9.47 Å². The van der Waals surface area contributed by atoms with E-state index < -0.39 is 12.4 Å². The van der Waals surface area contributed by atoms with E-state index >= 15 is 0 Å². The fourth-order valence-corrected chi connectivity index (χ4v) is 1.36. The lowest BCUT2D eigenvalue weighted by Crippen LogP contribution is -2.29. The lowest BCUT2D eigenvalue weighted by Gasteiger charge is -2.19. The highest BCUT2D eigenvalue weighted by Crippen LogP contribution is 2.34. The molecule has 1 atom stereocenters. The molecule has 1 fully saturated rings. The fraction of sp³-hybridized carbons (Fsp3) is 1.00. The molecule has 3 heteroatoms. The maximum atomic E-state index is 9.54. The van der Waals surface area contributed by atoms with Gasteiger partial charge in [0.25, 0.3) is 0 Å². The predicted octanol–water partition coefficient (Wildman–Crippen LogP) is 1.16. The predicted molar refractivity (Wildman–Crippen MR) is 45.8 cm³/mol. The van der Waals surface area contributed by atoms with Crippen LogP contribution < -0.4 is 0 Å². The molecule has 0 aromatic heterocycles. The topological polar surface area (TPSA) is 38.7 Å². The summed E-state index contributed by atoms with van der Waals surface area (Å²) in [6.45, 7) is 0. The Balaban J connectivity index is 2.10. The molecular weight excluding hydrogens is 156 g/mol. The number of hydrogen-bond acceptors (Lipinski definition) is 3. The van der Waals surface area contributed by atoms with Crippen LogP contribution >= 0.6 is 0 Å². The standard InChI is InChI=1S/C9H18O3/c1-11-9(12-2)8(10)6-5-7-3-4-7/h7-10H,3-6H2,1-2H3. The molecule has 1 aliphatic rings. The van der Waals surface area contributed by atoms with Crippen LogP contribution in [0.4, 0.5) is 0 Å². The van der Waals surface area contributed by atoms with Crippen LogP contribution in [0.5, 0.6) is 0 Å². The van der Waals surface area contributed by atoms with Gasteiger partial charge in [0.2, 0.25) is 0 Å². The Morgan fingerprint density at radius 2 is 1.92 bits per heavy atom. The van der Waals surface area contributed by atoms with Gasteiger partial charge in [-0.2, -0.15) is 0 Å². The summed E-state index contributed by atoms with van der Waals surface area (Å²) in [5.74, 6) is 0.856. The summed E-state index contributed by atoms with van der Waals surface area (Å²) in [5.41, 5.74) is 0. The zero-order chi connectivity index (χ0) is 8.97. The second-order valence-electron chi connectivity index (χ2n) is 3.43. The molecule has 72 valence electrons. The zero-order valence-electron chi connectivity index (χ0n) is 7.82. The molecule has 1 aliphatic carbocycles. The van der Waals surface area contributed by atoms with E-state index in [0.717, 1.165) is 18.8 Å². The number of ether oxygens (including phenoxy) is 2. The molecule has 1 saturated carbocycles. The second-order valence-corrected chi connectivity index (χ2v) is 3.43. The first kappa shape index (κ1) is 9.96. The summed E-state index contributed by atoms with van der Waals surface area (Å²) in [5, 5.41) is 9.54. The van der Waals surface area contributed by atoms with Crippen LogP contribution in [0.25, 0.3) is 0 Å². The summed E-state index contributed by atoms with van der Waals surface area (Å²) >= 11 is 0. The van der Waals surface area contributed by atoms with Gasteiger partial charge in [0, 0.05) is 14.2 Å². The Hall–Kier alpha value is -0.120. The highest BCUT2D eigenvalue weighted by atomic mass is 16.7. The minimum atomic E-state index is -0.472. The molecule has 12 heavy (non-hydrogen) atoms. The van der Waals surface area contributed by atoms with Gasteiger partial charge in [0.15, 0.2) is 6.29 Å². The smallest absolute Gasteiger partial charge is 0.182 e. The van der Waals surface area contributed by atoms with Crippen LogP contribution in [0.15, 0.2) is 0 Å². The number of hydrogen-bond donors (Lipinski definition) is 1. The molecule has 1 N–H and O–H groups in total. The van der Waals surface area contributed by atoms with E-state index in [9.17, 15) is 5.11 Å². The average molecular weight is 174 g/mol. The van der Waals surface area contributed by atoms with Crippen molar-refractivity contribution in [3.8, 4) is 0 Å². The zero-order valence-corrected chi connectivity index (χ0v) is 7.82. The van der Waals surface area contributed by atoms with Gasteiger partial charge in [-0.25, -0.2) is 0 Å². The van der Waals surface area contributed by atoms with Crippen LogP contribution in [0, 0.1) is 5.92 Å². The maximum absolute atomic E-state index is 9.54. The molecule has 0 amide bonds. The molecule has 0 heterocycles. The largest absolute Gasteiger partial charge is 0.388 e. The highest BCUT2D eigenvalue weighted by molar-refractivity contribution is 4.75. The molecule has 0 saturated heterocycles. The Morgan fingerprint density at radius 1 is 1.33 bits per heavy atom. The van der Waals surface area contributed by atoms with Gasteiger partial charge in [-0.1, -0.05) is 12.8 Å². The quantitative estimate of drug-likeness (QED) is 0.614. The third-order valence-corrected chi connectivity index (χ3v) is 2.35. The van der Waals surface area contributed by atoms with Crippen molar-refractivity contribution in [3.63, 3.8) is 0 Å². The number of aliphatic hydroxyl groups is 1. The molecule has 0 aromatic rings. The Bertz CT molecular complexity index is 119. The second kappa shape index (κ2) is 4.80. The van der Waals surface area contributed by atoms with E-state index in [1.54, 1.807) is 14.2 Å². The van der Waals surface area contributed by atoms with Crippen LogP contribution in [0.3, 0.4) is 0 Å². The van der Waals surface area contributed by atoms with Crippen molar-refractivity contribution >= 4 is 0 Å². The Kier molecular flexibility index (Phi) is 3.98. The van der Waals surface area contributed by atoms with Crippen LogP contribution in [-0.2, 0) is 9.47 Å². The third kappa shape index (κ3) is 3.09. The molecule has 0 aliphatic heterocycles. The Labute approximate surface area is 73.7 Å². The Morgan fingerprint density at radius 3 is 2.33 bits per heavy atom. The van der Waals surface area contributed by atoms with Crippen LogP contribution in [0.1, 0.15) is 25.7 Å². The molecule has 0 spiro atoms. The molecule has 3 nitrogen and oxygen atoms in total. The van der Waals surface area contributed by atoms with E-state index in [0.29, 0.717) is 0 Å². The van der Waals surface area contributed by atoms with Crippen LogP contribution in [0.2, 0.25) is 0 Å². The summed E-state index contributed by atoms with van der Waals surface area (Å²) in [4.78, 5) is 0. The normalized spacial score (nSPS) is 20.0. The van der Waals surface area contributed by atoms with E-state index in [-0.39, 0.29) is 0 Å². The first-order chi connectivity index (χ1) is 5.77. The lowest BCUT2D eigenvalue weighted by atomic mass is 10.1. The maximum Gasteiger partial charge on any atom is 0.182 e. The van der Waals surface area contributed by atoms with Gasteiger partial charge < -0.3 is 14.6 Å².